The highest BCUT2D eigenvalue weighted by atomic mass is 19.1. The van der Waals surface area contributed by atoms with Crippen LogP contribution in [0, 0.1) is 12.7 Å². The van der Waals surface area contributed by atoms with Gasteiger partial charge in [-0.2, -0.15) is 0 Å². The van der Waals surface area contributed by atoms with Crippen LogP contribution in [0.3, 0.4) is 0 Å². The Kier molecular flexibility index (Phi) is 5.25. The van der Waals surface area contributed by atoms with Crippen LogP contribution in [0.5, 0.6) is 5.75 Å². The number of aryl methyl sites for hydroxylation is 2. The minimum Gasteiger partial charge on any atom is -0.496 e. The van der Waals surface area contributed by atoms with Gasteiger partial charge in [-0.3, -0.25) is 4.79 Å². The summed E-state index contributed by atoms with van der Waals surface area (Å²) in [5.74, 6) is 0.157. The van der Waals surface area contributed by atoms with Crippen LogP contribution in [0.2, 0.25) is 0 Å². The third-order valence-corrected chi connectivity index (χ3v) is 5.47. The molecule has 6 nitrogen and oxygen atoms in total. The Morgan fingerprint density at radius 2 is 2.10 bits per heavy atom. The van der Waals surface area contributed by atoms with E-state index >= 15 is 0 Å². The molecule has 152 valence electrons. The number of nitrogens with zero attached hydrogens (tertiary/aromatic N) is 1. The normalized spacial score (nSPS) is 18.9. The van der Waals surface area contributed by atoms with E-state index in [-0.39, 0.29) is 23.9 Å². The molecule has 2 atom stereocenters. The molecule has 0 spiro atoms. The summed E-state index contributed by atoms with van der Waals surface area (Å²) >= 11 is 0. The minimum atomic E-state index is -0.380. The van der Waals surface area contributed by atoms with Crippen LogP contribution in [0.25, 0.3) is 10.9 Å². The van der Waals surface area contributed by atoms with Crippen molar-refractivity contribution in [1.82, 2.24) is 20.7 Å². The second-order valence-corrected chi connectivity index (χ2v) is 7.27. The average Bonchev–Trinajstić information content (AvgIpc) is 3.33. The molecule has 1 aromatic heterocycles. The summed E-state index contributed by atoms with van der Waals surface area (Å²) in [6.07, 6.45) is 0.403. The lowest BCUT2D eigenvalue weighted by Crippen LogP contribution is -2.44. The molecule has 1 saturated heterocycles. The molecule has 1 fully saturated rings. The molecule has 2 heterocycles. The van der Waals surface area contributed by atoms with Gasteiger partial charge in [0.05, 0.1) is 24.8 Å². The van der Waals surface area contributed by atoms with Gasteiger partial charge in [0.15, 0.2) is 0 Å². The molecule has 2 unspecified atom stereocenters. The largest absolute Gasteiger partial charge is 0.496 e. The lowest BCUT2D eigenvalue weighted by atomic mass is 10.1. The zero-order chi connectivity index (χ0) is 20.5. The molecule has 0 saturated carbocycles. The summed E-state index contributed by atoms with van der Waals surface area (Å²) < 4.78 is 21.5. The molecule has 3 N–H and O–H groups in total. The number of amides is 1. The van der Waals surface area contributed by atoms with E-state index in [0.717, 1.165) is 28.9 Å². The van der Waals surface area contributed by atoms with Crippen molar-refractivity contribution in [3.8, 4) is 5.75 Å². The van der Waals surface area contributed by atoms with Gasteiger partial charge in [-0.05, 0) is 49.7 Å². The predicted octanol–water partition coefficient (Wildman–Crippen LogP) is 3.41. The molecule has 7 heteroatoms. The van der Waals surface area contributed by atoms with E-state index in [4.69, 9.17) is 4.74 Å². The Labute approximate surface area is 169 Å². The molecule has 2 aromatic carbocycles. The van der Waals surface area contributed by atoms with Gasteiger partial charge in [0.25, 0.3) is 5.91 Å². The van der Waals surface area contributed by atoms with Gasteiger partial charge in [0.2, 0.25) is 0 Å². The second-order valence-electron chi connectivity index (χ2n) is 7.27. The topological polar surface area (TPSA) is 67.3 Å². The number of carbonyl (C=O) groups excluding carboxylic acids is 1. The number of rotatable bonds is 5. The molecule has 0 radical (unpaired) electrons. The van der Waals surface area contributed by atoms with Crippen LogP contribution in [-0.2, 0) is 6.54 Å². The van der Waals surface area contributed by atoms with E-state index in [2.05, 4.69) is 39.8 Å². The number of hydrazine groups is 1. The van der Waals surface area contributed by atoms with Crippen molar-refractivity contribution in [2.24, 2.45) is 0 Å². The molecule has 0 bridgehead atoms. The number of halogens is 1. The van der Waals surface area contributed by atoms with Crippen LogP contribution < -0.4 is 20.9 Å². The molecule has 0 aliphatic carbocycles. The Hall–Kier alpha value is -2.90. The minimum absolute atomic E-state index is 0.0205. The molecule has 4 rings (SSSR count). The zero-order valence-corrected chi connectivity index (χ0v) is 16.8. The average molecular weight is 396 g/mol. The summed E-state index contributed by atoms with van der Waals surface area (Å²) in [7, 11) is 1.67. The fourth-order valence-corrected chi connectivity index (χ4v) is 3.92. The van der Waals surface area contributed by atoms with Crippen LogP contribution in [0.15, 0.2) is 42.5 Å². The summed E-state index contributed by atoms with van der Waals surface area (Å²) in [4.78, 5) is 12.5. The molecule has 3 aromatic rings. The number of ether oxygens (including phenoxy) is 1. The standard InChI is InChI=1S/C22H25FN4O2/c1-4-27-18-6-5-7-20(29-3)15(18)11-19(27)17-12-21(26-25-17)24-22(28)14-9-8-13(2)16(23)10-14/h5-11,17,21,25-26H,4,12H2,1-3H3,(H,24,28). The maximum Gasteiger partial charge on any atom is 0.252 e. The Morgan fingerprint density at radius 3 is 2.83 bits per heavy atom. The second kappa shape index (κ2) is 7.85. The number of aromatic nitrogens is 1. The van der Waals surface area contributed by atoms with Gasteiger partial charge in [-0.1, -0.05) is 12.1 Å². The first-order valence-electron chi connectivity index (χ1n) is 9.76. The highest BCUT2D eigenvalue weighted by Crippen LogP contribution is 2.33. The number of hydrogen-bond donors (Lipinski definition) is 3. The van der Waals surface area contributed by atoms with Crippen molar-refractivity contribution in [1.29, 1.82) is 0 Å². The summed E-state index contributed by atoms with van der Waals surface area (Å²) in [5, 5.41) is 3.99. The third kappa shape index (κ3) is 3.59. The van der Waals surface area contributed by atoms with E-state index in [0.29, 0.717) is 17.5 Å². The number of hydrogen-bond acceptors (Lipinski definition) is 4. The van der Waals surface area contributed by atoms with Gasteiger partial charge < -0.3 is 14.6 Å². The summed E-state index contributed by atoms with van der Waals surface area (Å²) in [6.45, 7) is 4.60. The van der Waals surface area contributed by atoms with Crippen LogP contribution in [-0.4, -0.2) is 23.7 Å². The Balaban J connectivity index is 1.52. The van der Waals surface area contributed by atoms with Gasteiger partial charge in [-0.15, -0.1) is 0 Å². The molecule has 29 heavy (non-hydrogen) atoms. The fraction of sp³-hybridized carbons (Fsp3) is 0.318. The molecule has 1 aliphatic heterocycles. The predicted molar refractivity (Wildman–Crippen MR) is 110 cm³/mol. The Bertz CT molecular complexity index is 1060. The molecular weight excluding hydrogens is 371 g/mol. The summed E-state index contributed by atoms with van der Waals surface area (Å²) in [5.41, 5.74) is 9.48. The van der Waals surface area contributed by atoms with E-state index < -0.39 is 0 Å². The van der Waals surface area contributed by atoms with Crippen molar-refractivity contribution in [3.05, 3.63) is 65.1 Å². The quantitative estimate of drug-likeness (QED) is 0.618. The van der Waals surface area contributed by atoms with E-state index in [1.807, 2.05) is 12.1 Å². The summed E-state index contributed by atoms with van der Waals surface area (Å²) in [6, 6.07) is 12.7. The maximum absolute atomic E-state index is 13.8. The van der Waals surface area contributed by atoms with Crippen LogP contribution in [0.4, 0.5) is 4.39 Å². The number of fused-ring (bicyclic) bond motifs is 1. The first kappa shape index (κ1) is 19.4. The molecular formula is C22H25FN4O2. The third-order valence-electron chi connectivity index (χ3n) is 5.47. The molecule has 1 aliphatic rings. The van der Waals surface area contributed by atoms with Crippen LogP contribution in [0.1, 0.15) is 41.0 Å². The van der Waals surface area contributed by atoms with Gasteiger partial charge in [0, 0.05) is 29.6 Å². The van der Waals surface area contributed by atoms with Gasteiger partial charge in [-0.25, -0.2) is 15.2 Å². The first-order valence-corrected chi connectivity index (χ1v) is 9.76. The van der Waals surface area contributed by atoms with Crippen molar-refractivity contribution >= 4 is 16.8 Å². The number of carbonyl (C=O) groups is 1. The lowest BCUT2D eigenvalue weighted by molar-refractivity contribution is 0.0932. The lowest BCUT2D eigenvalue weighted by Gasteiger charge is -2.14. The first-order chi connectivity index (χ1) is 14.0. The zero-order valence-electron chi connectivity index (χ0n) is 16.8. The van der Waals surface area contributed by atoms with E-state index in [1.165, 1.54) is 6.07 Å². The van der Waals surface area contributed by atoms with Crippen molar-refractivity contribution in [2.75, 3.05) is 7.11 Å². The fourth-order valence-electron chi connectivity index (χ4n) is 3.92. The van der Waals surface area contributed by atoms with Gasteiger partial charge >= 0.3 is 0 Å². The Morgan fingerprint density at radius 1 is 1.28 bits per heavy atom. The van der Waals surface area contributed by atoms with E-state index in [9.17, 15) is 9.18 Å². The maximum atomic E-state index is 13.8. The highest BCUT2D eigenvalue weighted by molar-refractivity contribution is 5.94. The smallest absolute Gasteiger partial charge is 0.252 e. The highest BCUT2D eigenvalue weighted by Gasteiger charge is 2.29. The number of methoxy groups -OCH3 is 1. The molecule has 1 amide bonds. The van der Waals surface area contributed by atoms with Crippen molar-refractivity contribution < 1.29 is 13.9 Å². The van der Waals surface area contributed by atoms with Crippen molar-refractivity contribution in [2.45, 2.75) is 39.0 Å². The van der Waals surface area contributed by atoms with Gasteiger partial charge in [0.1, 0.15) is 11.6 Å². The SMILES string of the molecule is CCn1c(C2CC(NC(=O)c3ccc(C)c(F)c3)NN2)cc2c(OC)cccc21. The monoisotopic (exact) mass is 396 g/mol. The van der Waals surface area contributed by atoms with Crippen LogP contribution >= 0.6 is 0 Å². The van der Waals surface area contributed by atoms with Crippen molar-refractivity contribution in [3.63, 3.8) is 0 Å². The number of benzene rings is 2. The number of nitrogens with one attached hydrogen (secondary N) is 3. The van der Waals surface area contributed by atoms with E-state index in [1.54, 1.807) is 26.2 Å².